The molecule has 10 nitrogen and oxygen atoms in total. The molecule has 4 rings (SSSR count). The van der Waals surface area contributed by atoms with Gasteiger partial charge in [-0.25, -0.2) is 18.4 Å². The van der Waals surface area contributed by atoms with Gasteiger partial charge >= 0.3 is 0 Å². The summed E-state index contributed by atoms with van der Waals surface area (Å²) in [6, 6.07) is 16.9. The number of nitrogens with one attached hydrogen (secondary N) is 2. The first-order chi connectivity index (χ1) is 18.2. The van der Waals surface area contributed by atoms with Gasteiger partial charge < -0.3 is 25.4 Å². The second kappa shape index (κ2) is 11.5. The lowest BCUT2D eigenvalue weighted by atomic mass is 10.0. The van der Waals surface area contributed by atoms with Crippen molar-refractivity contribution in [2.45, 2.75) is 17.7 Å². The SMILES string of the molecule is COc1cc(Nc2nc3ccccc3nc2NS(=O)(=O)c2ccc(N)cc2)c(CCCN(C)C)c(OC)c1. The molecular formula is C27H32N6O4S. The fraction of sp³-hybridized carbons (Fsp3) is 0.259. The van der Waals surface area contributed by atoms with Gasteiger partial charge in [-0.1, -0.05) is 12.1 Å². The maximum absolute atomic E-state index is 13.2. The van der Waals surface area contributed by atoms with Crippen molar-refractivity contribution in [2.24, 2.45) is 0 Å². The zero-order valence-corrected chi connectivity index (χ0v) is 22.7. The van der Waals surface area contributed by atoms with Crippen LogP contribution in [0, 0.1) is 0 Å². The van der Waals surface area contributed by atoms with Crippen molar-refractivity contribution in [1.29, 1.82) is 0 Å². The molecule has 0 unspecified atom stereocenters. The highest BCUT2D eigenvalue weighted by Gasteiger charge is 2.21. The van der Waals surface area contributed by atoms with E-state index in [4.69, 9.17) is 20.2 Å². The van der Waals surface area contributed by atoms with Crippen LogP contribution in [0.4, 0.5) is 23.0 Å². The minimum absolute atomic E-state index is 0.0556. The predicted molar refractivity (Wildman–Crippen MR) is 151 cm³/mol. The van der Waals surface area contributed by atoms with Crippen molar-refractivity contribution < 1.29 is 17.9 Å². The monoisotopic (exact) mass is 536 g/mol. The zero-order valence-electron chi connectivity index (χ0n) is 21.9. The van der Waals surface area contributed by atoms with E-state index in [1.165, 1.54) is 24.3 Å². The van der Waals surface area contributed by atoms with E-state index in [1.807, 2.05) is 44.4 Å². The average molecular weight is 537 g/mol. The smallest absolute Gasteiger partial charge is 0.263 e. The molecule has 0 amide bonds. The number of sulfonamides is 1. The van der Waals surface area contributed by atoms with Gasteiger partial charge in [-0.3, -0.25) is 4.72 Å². The van der Waals surface area contributed by atoms with Gasteiger partial charge in [-0.15, -0.1) is 0 Å². The Morgan fingerprint density at radius 2 is 1.58 bits per heavy atom. The number of anilines is 4. The first-order valence-electron chi connectivity index (χ1n) is 12.0. The number of hydrogen-bond donors (Lipinski definition) is 3. The van der Waals surface area contributed by atoms with Crippen molar-refractivity contribution in [3.05, 3.63) is 66.2 Å². The molecule has 0 fully saturated rings. The molecule has 0 aliphatic carbocycles. The van der Waals surface area contributed by atoms with Crippen molar-refractivity contribution in [1.82, 2.24) is 14.9 Å². The van der Waals surface area contributed by atoms with Crippen molar-refractivity contribution >= 4 is 44.1 Å². The summed E-state index contributed by atoms with van der Waals surface area (Å²) in [5, 5.41) is 3.31. The summed E-state index contributed by atoms with van der Waals surface area (Å²) in [5.41, 5.74) is 8.94. The predicted octanol–water partition coefficient (Wildman–Crippen LogP) is 4.27. The fourth-order valence-corrected chi connectivity index (χ4v) is 4.99. The normalized spacial score (nSPS) is 11.5. The highest BCUT2D eigenvalue weighted by Crippen LogP contribution is 2.36. The summed E-state index contributed by atoms with van der Waals surface area (Å²) in [6.07, 6.45) is 1.59. The highest BCUT2D eigenvalue weighted by molar-refractivity contribution is 7.92. The topological polar surface area (TPSA) is 132 Å². The first kappa shape index (κ1) is 27.0. The second-order valence-corrected chi connectivity index (χ2v) is 10.7. The van der Waals surface area contributed by atoms with Gasteiger partial charge in [-0.2, -0.15) is 0 Å². The van der Waals surface area contributed by atoms with E-state index in [-0.39, 0.29) is 16.5 Å². The molecule has 11 heteroatoms. The molecule has 4 N–H and O–H groups in total. The third kappa shape index (κ3) is 6.24. The number of nitrogens with zero attached hydrogens (tertiary/aromatic N) is 3. The summed E-state index contributed by atoms with van der Waals surface area (Å²) in [5.74, 6) is 1.54. The average Bonchev–Trinajstić information content (AvgIpc) is 2.89. The van der Waals surface area contributed by atoms with E-state index in [2.05, 4.69) is 19.9 Å². The summed E-state index contributed by atoms with van der Waals surface area (Å²) in [7, 11) is 3.25. The number of aromatic nitrogens is 2. The number of ether oxygens (including phenoxy) is 2. The van der Waals surface area contributed by atoms with E-state index in [1.54, 1.807) is 20.3 Å². The first-order valence-corrected chi connectivity index (χ1v) is 13.5. The van der Waals surface area contributed by atoms with Crippen LogP contribution < -0.4 is 25.2 Å². The summed E-state index contributed by atoms with van der Waals surface area (Å²) in [6.45, 7) is 0.886. The standard InChI is InChI=1S/C27H32N6O4S/c1-33(2)15-7-8-21-24(16-19(36-3)17-25(21)37-4)31-26-27(30-23-10-6-5-9-22(23)29-26)32-38(34,35)20-13-11-18(28)12-14-20/h5-6,9-14,16-17H,7-8,15,28H2,1-4H3,(H,29,31)(H,30,32). The molecule has 0 aliphatic heterocycles. The van der Waals surface area contributed by atoms with E-state index >= 15 is 0 Å². The molecule has 0 saturated heterocycles. The number of para-hydroxylation sites is 2. The quantitative estimate of drug-likeness (QED) is 0.240. The Morgan fingerprint density at radius 3 is 2.18 bits per heavy atom. The fourth-order valence-electron chi connectivity index (χ4n) is 3.98. The molecule has 38 heavy (non-hydrogen) atoms. The van der Waals surface area contributed by atoms with Gasteiger partial charge in [-0.05, 0) is 69.9 Å². The maximum atomic E-state index is 13.2. The Labute approximate surface area is 222 Å². The van der Waals surface area contributed by atoms with Crippen LogP contribution in [0.5, 0.6) is 11.5 Å². The van der Waals surface area contributed by atoms with Crippen molar-refractivity contribution in [2.75, 3.05) is 50.6 Å². The molecule has 0 spiro atoms. The third-order valence-electron chi connectivity index (χ3n) is 5.92. The molecule has 4 aromatic rings. The molecule has 0 saturated carbocycles. The molecule has 0 radical (unpaired) electrons. The minimum atomic E-state index is -3.98. The molecule has 0 atom stereocenters. The summed E-state index contributed by atoms with van der Waals surface area (Å²) in [4.78, 5) is 11.5. The van der Waals surface area contributed by atoms with Crippen LogP contribution in [-0.4, -0.2) is 58.1 Å². The number of rotatable bonds is 11. The van der Waals surface area contributed by atoms with Crippen molar-refractivity contribution in [3.8, 4) is 11.5 Å². The van der Waals surface area contributed by atoms with E-state index in [0.717, 1.165) is 18.5 Å². The van der Waals surface area contributed by atoms with Crippen LogP contribution in [0.15, 0.2) is 65.6 Å². The Balaban J connectivity index is 1.80. The Morgan fingerprint density at radius 1 is 0.921 bits per heavy atom. The Bertz CT molecular complexity index is 1530. The number of nitrogen functional groups attached to an aromatic ring is 1. The van der Waals surface area contributed by atoms with Crippen LogP contribution in [0.25, 0.3) is 11.0 Å². The van der Waals surface area contributed by atoms with E-state index in [0.29, 0.717) is 40.3 Å². The van der Waals surface area contributed by atoms with Crippen LogP contribution in [-0.2, 0) is 16.4 Å². The van der Waals surface area contributed by atoms with Gasteiger partial charge in [0.2, 0.25) is 0 Å². The maximum Gasteiger partial charge on any atom is 0.263 e. The third-order valence-corrected chi connectivity index (χ3v) is 7.27. The largest absolute Gasteiger partial charge is 0.497 e. The van der Waals surface area contributed by atoms with Crippen LogP contribution >= 0.6 is 0 Å². The second-order valence-electron chi connectivity index (χ2n) is 8.97. The van der Waals surface area contributed by atoms with Gasteiger partial charge in [0.05, 0.1) is 35.8 Å². The number of fused-ring (bicyclic) bond motifs is 1. The lowest BCUT2D eigenvalue weighted by molar-refractivity contribution is 0.384. The molecule has 0 aliphatic rings. The molecule has 0 bridgehead atoms. The van der Waals surface area contributed by atoms with E-state index < -0.39 is 10.0 Å². The lowest BCUT2D eigenvalue weighted by Gasteiger charge is -2.19. The molecule has 200 valence electrons. The summed E-state index contributed by atoms with van der Waals surface area (Å²) < 4.78 is 40.2. The number of hydrogen-bond acceptors (Lipinski definition) is 9. The van der Waals surface area contributed by atoms with Gasteiger partial charge in [0.15, 0.2) is 11.6 Å². The van der Waals surface area contributed by atoms with E-state index in [9.17, 15) is 8.42 Å². The Kier molecular flexibility index (Phi) is 8.18. The molecular weight excluding hydrogens is 504 g/mol. The van der Waals surface area contributed by atoms with Gasteiger partial charge in [0.1, 0.15) is 11.5 Å². The Hall–Kier alpha value is -4.09. The lowest BCUT2D eigenvalue weighted by Crippen LogP contribution is -2.16. The number of benzene rings is 3. The molecule has 1 heterocycles. The zero-order chi connectivity index (χ0) is 27.3. The van der Waals surface area contributed by atoms with Crippen LogP contribution in [0.2, 0.25) is 0 Å². The highest BCUT2D eigenvalue weighted by atomic mass is 32.2. The van der Waals surface area contributed by atoms with Gasteiger partial charge in [0, 0.05) is 23.4 Å². The number of nitrogens with two attached hydrogens (primary N) is 1. The van der Waals surface area contributed by atoms with Crippen LogP contribution in [0.3, 0.4) is 0 Å². The van der Waals surface area contributed by atoms with Crippen LogP contribution in [0.1, 0.15) is 12.0 Å². The minimum Gasteiger partial charge on any atom is -0.497 e. The molecule has 1 aromatic heterocycles. The van der Waals surface area contributed by atoms with Crippen molar-refractivity contribution in [3.63, 3.8) is 0 Å². The number of methoxy groups -OCH3 is 2. The molecule has 3 aromatic carbocycles. The van der Waals surface area contributed by atoms with Gasteiger partial charge in [0.25, 0.3) is 10.0 Å². The summed E-state index contributed by atoms with van der Waals surface area (Å²) >= 11 is 0.